The van der Waals surface area contributed by atoms with Crippen molar-refractivity contribution < 1.29 is 14.3 Å². The minimum Gasteiger partial charge on any atom is -0.494 e. The maximum atomic E-state index is 12.7. The summed E-state index contributed by atoms with van der Waals surface area (Å²) in [4.78, 5) is 28.3. The highest BCUT2D eigenvalue weighted by Gasteiger charge is 2.21. The Morgan fingerprint density at radius 2 is 1.78 bits per heavy atom. The zero-order valence-electron chi connectivity index (χ0n) is 15.8. The van der Waals surface area contributed by atoms with Crippen molar-refractivity contribution in [2.75, 3.05) is 43.0 Å². The van der Waals surface area contributed by atoms with Crippen LogP contribution in [0, 0.1) is 0 Å². The Kier molecular flexibility index (Phi) is 5.96. The van der Waals surface area contributed by atoms with Gasteiger partial charge < -0.3 is 19.9 Å². The summed E-state index contributed by atoms with van der Waals surface area (Å²) < 4.78 is 5.47. The van der Waals surface area contributed by atoms with E-state index in [0.29, 0.717) is 31.0 Å². The van der Waals surface area contributed by atoms with Crippen molar-refractivity contribution in [3.63, 3.8) is 0 Å². The normalized spacial score (nSPS) is 14.0. The number of carbonyl (C=O) groups excluding carboxylic acids is 2. The van der Waals surface area contributed by atoms with E-state index in [-0.39, 0.29) is 11.8 Å². The summed E-state index contributed by atoms with van der Waals surface area (Å²) >= 11 is 0. The molecule has 6 heteroatoms. The van der Waals surface area contributed by atoms with Crippen LogP contribution in [0.25, 0.3) is 0 Å². The molecule has 0 saturated carbocycles. The maximum absolute atomic E-state index is 12.7. The quantitative estimate of drug-likeness (QED) is 0.882. The van der Waals surface area contributed by atoms with E-state index in [4.69, 9.17) is 4.74 Å². The van der Waals surface area contributed by atoms with Crippen LogP contribution in [-0.4, -0.2) is 49.5 Å². The smallest absolute Gasteiger partial charge is 0.255 e. The number of hydrogen-bond acceptors (Lipinski definition) is 4. The highest BCUT2D eigenvalue weighted by Crippen LogP contribution is 2.27. The minimum atomic E-state index is -0.175. The number of anilines is 2. The van der Waals surface area contributed by atoms with Crippen molar-refractivity contribution in [3.8, 4) is 5.75 Å². The standard InChI is InChI=1S/C21H25N3O3/c1-3-27-18-8-6-7-17(15-18)21(26)22-19-9-4-5-10-20(19)24-13-11-23(12-14-24)16(2)25/h4-10,15H,3,11-14H2,1-2H3,(H,22,26). The lowest BCUT2D eigenvalue weighted by Crippen LogP contribution is -2.48. The topological polar surface area (TPSA) is 61.9 Å². The Balaban J connectivity index is 1.74. The van der Waals surface area contributed by atoms with Crippen molar-refractivity contribution in [2.45, 2.75) is 13.8 Å². The van der Waals surface area contributed by atoms with Crippen molar-refractivity contribution in [1.29, 1.82) is 0 Å². The first-order valence-corrected chi connectivity index (χ1v) is 9.22. The zero-order chi connectivity index (χ0) is 19.2. The van der Waals surface area contributed by atoms with Crippen LogP contribution < -0.4 is 15.0 Å². The lowest BCUT2D eigenvalue weighted by atomic mass is 10.1. The molecule has 1 saturated heterocycles. The van der Waals surface area contributed by atoms with Crippen LogP contribution in [0.5, 0.6) is 5.75 Å². The number of benzene rings is 2. The van der Waals surface area contributed by atoms with Crippen molar-refractivity contribution >= 4 is 23.2 Å². The van der Waals surface area contributed by atoms with Crippen LogP contribution in [0.3, 0.4) is 0 Å². The second-order valence-corrected chi connectivity index (χ2v) is 6.43. The molecule has 6 nitrogen and oxygen atoms in total. The van der Waals surface area contributed by atoms with Crippen molar-refractivity contribution in [3.05, 3.63) is 54.1 Å². The third-order valence-electron chi connectivity index (χ3n) is 4.63. The highest BCUT2D eigenvalue weighted by atomic mass is 16.5. The van der Waals surface area contributed by atoms with E-state index in [1.165, 1.54) is 0 Å². The number of carbonyl (C=O) groups is 2. The Bertz CT molecular complexity index is 814. The van der Waals surface area contributed by atoms with Gasteiger partial charge in [-0.05, 0) is 37.3 Å². The molecule has 0 spiro atoms. The minimum absolute atomic E-state index is 0.102. The number of piperazine rings is 1. The third kappa shape index (κ3) is 4.58. The Morgan fingerprint density at radius 3 is 2.48 bits per heavy atom. The highest BCUT2D eigenvalue weighted by molar-refractivity contribution is 6.06. The van der Waals surface area contributed by atoms with E-state index < -0.39 is 0 Å². The van der Waals surface area contributed by atoms with E-state index in [0.717, 1.165) is 24.5 Å². The van der Waals surface area contributed by atoms with Gasteiger partial charge >= 0.3 is 0 Å². The molecule has 142 valence electrons. The molecule has 1 aliphatic heterocycles. The molecule has 27 heavy (non-hydrogen) atoms. The van der Waals surface area contributed by atoms with Gasteiger partial charge in [-0.2, -0.15) is 0 Å². The molecule has 0 bridgehead atoms. The fraction of sp³-hybridized carbons (Fsp3) is 0.333. The summed E-state index contributed by atoms with van der Waals surface area (Å²) in [6.07, 6.45) is 0. The first-order chi connectivity index (χ1) is 13.1. The Hall–Kier alpha value is -3.02. The van der Waals surface area contributed by atoms with E-state index >= 15 is 0 Å². The second kappa shape index (κ2) is 8.58. The maximum Gasteiger partial charge on any atom is 0.255 e. The molecule has 1 fully saturated rings. The molecule has 1 N–H and O–H groups in total. The molecule has 2 aromatic carbocycles. The molecular formula is C21H25N3O3. The number of amides is 2. The zero-order valence-corrected chi connectivity index (χ0v) is 15.8. The number of nitrogens with one attached hydrogen (secondary N) is 1. The molecular weight excluding hydrogens is 342 g/mol. The predicted molar refractivity (Wildman–Crippen MR) is 106 cm³/mol. The van der Waals surface area contributed by atoms with Crippen LogP contribution in [0.4, 0.5) is 11.4 Å². The molecule has 0 aliphatic carbocycles. The number of ether oxygens (including phenoxy) is 1. The summed E-state index contributed by atoms with van der Waals surface area (Å²) in [6.45, 7) is 6.93. The van der Waals surface area contributed by atoms with Gasteiger partial charge in [0.2, 0.25) is 5.91 Å². The van der Waals surface area contributed by atoms with Gasteiger partial charge in [-0.15, -0.1) is 0 Å². The average molecular weight is 367 g/mol. The first kappa shape index (κ1) is 18.8. The van der Waals surface area contributed by atoms with Gasteiger partial charge in [0, 0.05) is 38.7 Å². The predicted octanol–water partition coefficient (Wildman–Crippen LogP) is 3.01. The average Bonchev–Trinajstić information content (AvgIpc) is 2.69. The molecule has 0 radical (unpaired) electrons. The van der Waals surface area contributed by atoms with E-state index in [1.54, 1.807) is 19.1 Å². The van der Waals surface area contributed by atoms with E-state index in [9.17, 15) is 9.59 Å². The monoisotopic (exact) mass is 367 g/mol. The summed E-state index contributed by atoms with van der Waals surface area (Å²) in [5.74, 6) is 0.607. The SMILES string of the molecule is CCOc1cccc(C(=O)Nc2ccccc2N2CCN(C(C)=O)CC2)c1. The molecule has 2 amide bonds. The molecule has 0 aromatic heterocycles. The summed E-state index contributed by atoms with van der Waals surface area (Å²) in [7, 11) is 0. The molecule has 2 aromatic rings. The van der Waals surface area contributed by atoms with Crippen LogP contribution >= 0.6 is 0 Å². The van der Waals surface area contributed by atoms with Gasteiger partial charge in [-0.3, -0.25) is 9.59 Å². The fourth-order valence-electron chi connectivity index (χ4n) is 3.21. The molecule has 0 unspecified atom stereocenters. The van der Waals surface area contributed by atoms with Gasteiger partial charge in [0.15, 0.2) is 0 Å². The van der Waals surface area contributed by atoms with E-state index in [1.807, 2.05) is 48.2 Å². The van der Waals surface area contributed by atoms with Crippen molar-refractivity contribution in [1.82, 2.24) is 4.90 Å². The van der Waals surface area contributed by atoms with Crippen LogP contribution in [0.2, 0.25) is 0 Å². The largest absolute Gasteiger partial charge is 0.494 e. The van der Waals surface area contributed by atoms with Crippen molar-refractivity contribution in [2.24, 2.45) is 0 Å². The first-order valence-electron chi connectivity index (χ1n) is 9.22. The van der Waals surface area contributed by atoms with Gasteiger partial charge in [-0.25, -0.2) is 0 Å². The second-order valence-electron chi connectivity index (χ2n) is 6.43. The number of nitrogens with zero attached hydrogens (tertiary/aromatic N) is 2. The van der Waals surface area contributed by atoms with Crippen LogP contribution in [0.15, 0.2) is 48.5 Å². The van der Waals surface area contributed by atoms with Crippen LogP contribution in [-0.2, 0) is 4.79 Å². The third-order valence-corrected chi connectivity index (χ3v) is 4.63. The Labute approximate surface area is 159 Å². The number of rotatable bonds is 5. The summed E-state index contributed by atoms with van der Waals surface area (Å²) in [5, 5.41) is 3.01. The molecule has 3 rings (SSSR count). The molecule has 1 heterocycles. The Morgan fingerprint density at radius 1 is 1.04 bits per heavy atom. The van der Waals surface area contributed by atoms with Gasteiger partial charge in [-0.1, -0.05) is 18.2 Å². The summed E-state index contributed by atoms with van der Waals surface area (Å²) in [5.41, 5.74) is 2.28. The molecule has 1 aliphatic rings. The number of hydrogen-bond donors (Lipinski definition) is 1. The lowest BCUT2D eigenvalue weighted by molar-refractivity contribution is -0.129. The fourth-order valence-corrected chi connectivity index (χ4v) is 3.21. The summed E-state index contributed by atoms with van der Waals surface area (Å²) in [6, 6.07) is 14.9. The number of para-hydroxylation sites is 2. The molecule has 0 atom stereocenters. The van der Waals surface area contributed by atoms with Gasteiger partial charge in [0.1, 0.15) is 5.75 Å². The van der Waals surface area contributed by atoms with Crippen LogP contribution in [0.1, 0.15) is 24.2 Å². The van der Waals surface area contributed by atoms with E-state index in [2.05, 4.69) is 10.2 Å². The van der Waals surface area contributed by atoms with Gasteiger partial charge in [0.25, 0.3) is 5.91 Å². The van der Waals surface area contributed by atoms with Gasteiger partial charge in [0.05, 0.1) is 18.0 Å². The lowest BCUT2D eigenvalue weighted by Gasteiger charge is -2.36.